The standard InChI is InChI=1S/C13H18O2.C8H8.C2H6.CO2/c1-10(2)8-12-4-6-13(7-5-12)9-15-11(3)14;1-7-3-5-8(2)6-4-7;1-2;2-1-3/h4-7,10H,8-9H2,1-3H3;3-6H,1-2H2;1-2H3;/i3D;;;. The minimum Gasteiger partial charge on any atom is -0.461 e. The normalized spacial score (nSPS) is 9.11. The molecule has 0 unspecified atom stereocenters. The van der Waals surface area contributed by atoms with Gasteiger partial charge in [-0.2, -0.15) is 9.59 Å². The lowest BCUT2D eigenvalue weighted by Crippen LogP contribution is -2.02. The number of esters is 1. The molecule has 0 bridgehead atoms. The molecule has 152 valence electrons. The maximum atomic E-state index is 10.8. The van der Waals surface area contributed by atoms with Crippen molar-refractivity contribution in [1.29, 1.82) is 0 Å². The smallest absolute Gasteiger partial charge is 0.373 e. The van der Waals surface area contributed by atoms with Crippen LogP contribution in [0.2, 0.25) is 0 Å². The first kappa shape index (κ1) is 25.0. The largest absolute Gasteiger partial charge is 0.461 e. The Morgan fingerprint density at radius 2 is 1.36 bits per heavy atom. The van der Waals surface area contributed by atoms with Crippen LogP contribution in [0, 0.1) is 5.92 Å². The molecule has 4 heteroatoms. The van der Waals surface area contributed by atoms with E-state index in [0.717, 1.165) is 22.4 Å². The summed E-state index contributed by atoms with van der Waals surface area (Å²) in [6.45, 7) is 15.8. The molecule has 4 nitrogen and oxygen atoms in total. The second-order valence-corrected chi connectivity index (χ2v) is 5.97. The Morgan fingerprint density at radius 1 is 0.964 bits per heavy atom. The Labute approximate surface area is 170 Å². The molecule has 0 saturated heterocycles. The van der Waals surface area contributed by atoms with Gasteiger partial charge in [0.2, 0.25) is 0 Å². The van der Waals surface area contributed by atoms with Gasteiger partial charge in [-0.1, -0.05) is 89.4 Å². The molecule has 2 rings (SSSR count). The number of rotatable bonds is 4. The lowest BCUT2D eigenvalue weighted by Gasteiger charge is -2.06. The molecule has 2 aromatic carbocycles. The van der Waals surface area contributed by atoms with Crippen molar-refractivity contribution in [3.63, 3.8) is 0 Å². The van der Waals surface area contributed by atoms with Crippen LogP contribution in [-0.2, 0) is 32.1 Å². The molecule has 0 spiro atoms. The van der Waals surface area contributed by atoms with Crippen molar-refractivity contribution in [3.05, 3.63) is 70.1 Å². The van der Waals surface area contributed by atoms with Crippen LogP contribution in [0.4, 0.5) is 0 Å². The lowest BCUT2D eigenvalue weighted by atomic mass is 10.0. The fraction of sp³-hybridized carbons (Fsp3) is 0.333. The predicted molar refractivity (Wildman–Crippen MR) is 114 cm³/mol. The van der Waals surface area contributed by atoms with Gasteiger partial charge < -0.3 is 4.74 Å². The zero-order valence-corrected chi connectivity index (χ0v) is 17.4. The first-order valence-electron chi connectivity index (χ1n) is 9.79. The summed E-state index contributed by atoms with van der Waals surface area (Å²) in [5, 5.41) is 2.08. The lowest BCUT2D eigenvalue weighted by molar-refractivity contribution is -0.191. The second-order valence-electron chi connectivity index (χ2n) is 5.97. The van der Waals surface area contributed by atoms with Gasteiger partial charge in [0.1, 0.15) is 6.61 Å². The highest BCUT2D eigenvalue weighted by Crippen LogP contribution is 2.10. The van der Waals surface area contributed by atoms with Crippen molar-refractivity contribution < 1.29 is 20.5 Å². The molecule has 0 aliphatic rings. The van der Waals surface area contributed by atoms with Crippen LogP contribution in [0.5, 0.6) is 0 Å². The molecule has 0 atom stereocenters. The topological polar surface area (TPSA) is 60.4 Å². The first-order chi connectivity index (χ1) is 13.8. The summed E-state index contributed by atoms with van der Waals surface area (Å²) < 4.78 is 11.7. The molecular weight excluding hydrogens is 352 g/mol. The van der Waals surface area contributed by atoms with Crippen LogP contribution in [0.15, 0.2) is 48.5 Å². The fourth-order valence-electron chi connectivity index (χ4n) is 1.95. The second kappa shape index (κ2) is 17.4. The van der Waals surface area contributed by atoms with E-state index < -0.39 is 5.97 Å². The first-order valence-corrected chi connectivity index (χ1v) is 9.08. The quantitative estimate of drug-likeness (QED) is 0.749. The predicted octanol–water partition coefficient (Wildman–Crippen LogP) is 3.90. The van der Waals surface area contributed by atoms with Gasteiger partial charge >= 0.3 is 12.1 Å². The van der Waals surface area contributed by atoms with Gasteiger partial charge in [-0.25, -0.2) is 0 Å². The molecular formula is C24H32O4. The number of hydrogen-bond acceptors (Lipinski definition) is 4. The van der Waals surface area contributed by atoms with Gasteiger partial charge in [0.25, 0.3) is 0 Å². The molecule has 0 aromatic heterocycles. The molecule has 0 aliphatic heterocycles. The highest BCUT2D eigenvalue weighted by Gasteiger charge is 1.99. The number of hydrogen-bond donors (Lipinski definition) is 0. The monoisotopic (exact) mass is 385 g/mol. The molecule has 0 amide bonds. The summed E-state index contributed by atoms with van der Waals surface area (Å²) in [4.78, 5) is 27.0. The van der Waals surface area contributed by atoms with Crippen molar-refractivity contribution in [2.75, 3.05) is 0 Å². The van der Waals surface area contributed by atoms with Crippen LogP contribution >= 0.6 is 0 Å². The number of carbonyl (C=O) groups is 1. The van der Waals surface area contributed by atoms with Gasteiger partial charge in [0.15, 0.2) is 0 Å². The molecule has 0 saturated carbocycles. The van der Waals surface area contributed by atoms with E-state index in [-0.39, 0.29) is 19.7 Å². The van der Waals surface area contributed by atoms with E-state index in [4.69, 9.17) is 15.7 Å². The van der Waals surface area contributed by atoms with Crippen molar-refractivity contribution in [3.8, 4) is 0 Å². The fourth-order valence-corrected chi connectivity index (χ4v) is 1.95. The number of benzene rings is 2. The Kier molecular flexibility index (Phi) is 15.6. The van der Waals surface area contributed by atoms with E-state index in [1.807, 2.05) is 50.2 Å². The van der Waals surface area contributed by atoms with E-state index in [2.05, 4.69) is 39.1 Å². The Morgan fingerprint density at radius 3 is 1.71 bits per heavy atom. The average Bonchev–Trinajstić information content (AvgIpc) is 2.71. The van der Waals surface area contributed by atoms with Gasteiger partial charge in [-0.15, -0.1) is 0 Å². The Bertz CT molecular complexity index is 755. The summed E-state index contributed by atoms with van der Waals surface area (Å²) in [6.07, 6.45) is 1.31. The minimum absolute atomic E-state index is 0.250. The van der Waals surface area contributed by atoms with Gasteiger partial charge in [0.05, 0.1) is 0 Å². The van der Waals surface area contributed by atoms with Crippen molar-refractivity contribution in [2.24, 2.45) is 5.92 Å². The Hall–Kier alpha value is -2.97. The molecule has 0 heterocycles. The summed E-state index contributed by atoms with van der Waals surface area (Å²) in [5.41, 5.74) is 2.26. The minimum atomic E-state index is -0.480. The van der Waals surface area contributed by atoms with Crippen LogP contribution in [0.3, 0.4) is 0 Å². The number of ether oxygens (including phenoxy) is 1. The highest BCUT2D eigenvalue weighted by atomic mass is 16.5. The molecule has 28 heavy (non-hydrogen) atoms. The van der Waals surface area contributed by atoms with Crippen molar-refractivity contribution in [1.82, 2.24) is 0 Å². The third-order valence-electron chi connectivity index (χ3n) is 3.09. The molecule has 0 fully saturated rings. The highest BCUT2D eigenvalue weighted by molar-refractivity contribution is 5.65. The third kappa shape index (κ3) is 16.5. The Balaban J connectivity index is 0. The summed E-state index contributed by atoms with van der Waals surface area (Å²) in [6, 6.07) is 15.8. The van der Waals surface area contributed by atoms with Crippen LogP contribution in [0.1, 0.15) is 47.1 Å². The average molecular weight is 386 g/mol. The number of carbonyl (C=O) groups excluding carboxylic acids is 3. The zero-order chi connectivity index (χ0) is 22.7. The summed E-state index contributed by atoms with van der Waals surface area (Å²) in [7, 11) is 0. The van der Waals surface area contributed by atoms with E-state index in [0.29, 0.717) is 5.92 Å². The molecule has 2 aromatic rings. The van der Waals surface area contributed by atoms with Crippen LogP contribution in [-0.4, -0.2) is 12.1 Å². The SMILES string of the molecule is C=c1ccc(=C)cc1.CC.O=C=O.[2H]CC(=O)OCc1ccc(CC(C)C)cc1. The zero-order valence-electron chi connectivity index (χ0n) is 18.4. The van der Waals surface area contributed by atoms with Gasteiger partial charge in [0, 0.05) is 8.27 Å². The van der Waals surface area contributed by atoms with E-state index >= 15 is 0 Å². The van der Waals surface area contributed by atoms with Gasteiger partial charge in [-0.05, 0) is 33.9 Å². The van der Waals surface area contributed by atoms with Crippen molar-refractivity contribution >= 4 is 25.3 Å². The third-order valence-corrected chi connectivity index (χ3v) is 3.09. The van der Waals surface area contributed by atoms with Crippen LogP contribution in [0.25, 0.3) is 13.2 Å². The molecule has 0 N–H and O–H groups in total. The van der Waals surface area contributed by atoms with Gasteiger partial charge in [-0.3, -0.25) is 4.79 Å². The van der Waals surface area contributed by atoms with E-state index in [1.165, 1.54) is 5.56 Å². The van der Waals surface area contributed by atoms with Crippen molar-refractivity contribution in [2.45, 2.75) is 47.6 Å². The summed E-state index contributed by atoms with van der Waals surface area (Å²) >= 11 is 0. The molecule has 0 aliphatic carbocycles. The maximum Gasteiger partial charge on any atom is 0.373 e. The van der Waals surface area contributed by atoms with Crippen LogP contribution < -0.4 is 10.4 Å². The van der Waals surface area contributed by atoms with E-state index in [9.17, 15) is 4.79 Å². The molecule has 0 radical (unpaired) electrons. The maximum absolute atomic E-state index is 10.8. The van der Waals surface area contributed by atoms with E-state index in [1.54, 1.807) is 0 Å². The summed E-state index contributed by atoms with van der Waals surface area (Å²) in [5.74, 6) is 0.165.